The van der Waals surface area contributed by atoms with E-state index in [1.807, 2.05) is 0 Å². The highest BCUT2D eigenvalue weighted by Gasteiger charge is 2.25. The number of carboxylic acids is 1. The van der Waals surface area contributed by atoms with Crippen molar-refractivity contribution in [1.82, 2.24) is 4.98 Å². The lowest BCUT2D eigenvalue weighted by Gasteiger charge is -2.19. The smallest absolute Gasteiger partial charge is 0.315 e. The van der Waals surface area contributed by atoms with E-state index in [2.05, 4.69) is 4.98 Å². The minimum Gasteiger partial charge on any atom is -0.481 e. The number of oxazole rings is 1. The van der Waals surface area contributed by atoms with Gasteiger partial charge < -0.3 is 14.4 Å². The Bertz CT molecular complexity index is 647. The highest BCUT2D eigenvalue weighted by Crippen LogP contribution is 2.23. The van der Waals surface area contributed by atoms with Gasteiger partial charge in [0.2, 0.25) is 5.91 Å². The second-order valence-corrected chi connectivity index (χ2v) is 4.34. The fraction of sp³-hybridized carbons (Fsp3) is 0.308. The van der Waals surface area contributed by atoms with E-state index in [9.17, 15) is 9.59 Å². The van der Waals surface area contributed by atoms with Crippen molar-refractivity contribution in [2.45, 2.75) is 13.8 Å². The van der Waals surface area contributed by atoms with Crippen molar-refractivity contribution < 1.29 is 19.1 Å². The second-order valence-electron chi connectivity index (χ2n) is 4.34. The van der Waals surface area contributed by atoms with E-state index in [4.69, 9.17) is 9.52 Å². The molecule has 0 aliphatic heterocycles. The van der Waals surface area contributed by atoms with Gasteiger partial charge in [-0.05, 0) is 19.1 Å². The Morgan fingerprint density at radius 1 is 1.42 bits per heavy atom. The molecule has 1 atom stereocenters. The maximum absolute atomic E-state index is 11.9. The number of nitrogens with zero attached hydrogens (tertiary/aromatic N) is 2. The summed E-state index contributed by atoms with van der Waals surface area (Å²) >= 11 is 0. The lowest BCUT2D eigenvalue weighted by Crippen LogP contribution is -2.35. The molecular formula is C13H14N2O4. The zero-order valence-electron chi connectivity index (χ0n) is 10.9. The van der Waals surface area contributed by atoms with Gasteiger partial charge in [-0.25, -0.2) is 4.98 Å². The summed E-state index contributed by atoms with van der Waals surface area (Å²) in [6.07, 6.45) is 0. The van der Waals surface area contributed by atoms with E-state index in [-0.39, 0.29) is 0 Å². The Morgan fingerprint density at radius 3 is 2.74 bits per heavy atom. The van der Waals surface area contributed by atoms with Gasteiger partial charge in [-0.1, -0.05) is 0 Å². The second kappa shape index (κ2) is 4.72. The topological polar surface area (TPSA) is 83.6 Å². The Morgan fingerprint density at radius 2 is 2.11 bits per heavy atom. The monoisotopic (exact) mass is 262 g/mol. The minimum absolute atomic E-state index is 0.483. The number of anilines is 1. The fourth-order valence-electron chi connectivity index (χ4n) is 1.76. The quantitative estimate of drug-likeness (QED) is 0.853. The van der Waals surface area contributed by atoms with Crippen LogP contribution in [0.2, 0.25) is 0 Å². The molecule has 1 N–H and O–H groups in total. The van der Waals surface area contributed by atoms with Crippen LogP contribution in [0.3, 0.4) is 0 Å². The number of aryl methyl sites for hydroxylation is 1. The standard InChI is InChI=1S/C13H14N2O4/c1-7(13(17)18)12(16)15(3)9-4-5-10-11(6-9)19-8(2)14-10/h4-7H,1-3H3,(H,17,18). The van der Waals surface area contributed by atoms with Gasteiger partial charge in [0, 0.05) is 25.7 Å². The van der Waals surface area contributed by atoms with Crippen molar-refractivity contribution in [3.63, 3.8) is 0 Å². The van der Waals surface area contributed by atoms with Crippen LogP contribution in [0, 0.1) is 12.8 Å². The normalized spacial score (nSPS) is 12.4. The largest absolute Gasteiger partial charge is 0.481 e. The number of carbonyl (C=O) groups excluding carboxylic acids is 1. The molecule has 1 amide bonds. The molecule has 19 heavy (non-hydrogen) atoms. The molecule has 0 aliphatic carbocycles. The number of carbonyl (C=O) groups is 2. The van der Waals surface area contributed by atoms with Crippen molar-refractivity contribution in [3.05, 3.63) is 24.1 Å². The summed E-state index contributed by atoms with van der Waals surface area (Å²) < 4.78 is 5.38. The predicted octanol–water partition coefficient (Wildman–Crippen LogP) is 1.82. The molecule has 0 saturated heterocycles. The third-order valence-electron chi connectivity index (χ3n) is 2.94. The van der Waals surface area contributed by atoms with E-state index < -0.39 is 17.8 Å². The summed E-state index contributed by atoms with van der Waals surface area (Å²) in [5, 5.41) is 8.85. The molecular weight excluding hydrogens is 248 g/mol. The first-order valence-electron chi connectivity index (χ1n) is 5.77. The molecule has 0 saturated carbocycles. The van der Waals surface area contributed by atoms with E-state index >= 15 is 0 Å². The van der Waals surface area contributed by atoms with Crippen LogP contribution in [0.4, 0.5) is 5.69 Å². The Kier molecular flexibility index (Phi) is 3.25. The maximum Gasteiger partial charge on any atom is 0.315 e. The summed E-state index contributed by atoms with van der Waals surface area (Å²) in [6, 6.07) is 5.11. The molecule has 0 aliphatic rings. The molecule has 2 aromatic rings. The third-order valence-corrected chi connectivity index (χ3v) is 2.94. The summed E-state index contributed by atoms with van der Waals surface area (Å²) in [5.74, 6) is -2.17. The Hall–Kier alpha value is -2.37. The molecule has 1 aromatic carbocycles. The predicted molar refractivity (Wildman–Crippen MR) is 69.0 cm³/mol. The van der Waals surface area contributed by atoms with E-state index in [0.717, 1.165) is 0 Å². The van der Waals surface area contributed by atoms with Gasteiger partial charge in [0.1, 0.15) is 11.4 Å². The van der Waals surface area contributed by atoms with Gasteiger partial charge in [0.15, 0.2) is 11.5 Å². The molecule has 0 fully saturated rings. The van der Waals surface area contributed by atoms with Gasteiger partial charge in [-0.15, -0.1) is 0 Å². The lowest BCUT2D eigenvalue weighted by atomic mass is 10.1. The molecule has 0 radical (unpaired) electrons. The zero-order chi connectivity index (χ0) is 14.2. The number of benzene rings is 1. The highest BCUT2D eigenvalue weighted by molar-refractivity contribution is 6.05. The molecule has 1 aromatic heterocycles. The van der Waals surface area contributed by atoms with Gasteiger partial charge in [0.05, 0.1) is 0 Å². The van der Waals surface area contributed by atoms with Crippen LogP contribution >= 0.6 is 0 Å². The summed E-state index contributed by atoms with van der Waals surface area (Å²) in [6.45, 7) is 3.10. The third kappa shape index (κ3) is 2.42. The van der Waals surface area contributed by atoms with Crippen LogP contribution in [0.25, 0.3) is 11.1 Å². The highest BCUT2D eigenvalue weighted by atomic mass is 16.4. The van der Waals surface area contributed by atoms with Gasteiger partial charge >= 0.3 is 5.97 Å². The number of aromatic nitrogens is 1. The van der Waals surface area contributed by atoms with Crippen molar-refractivity contribution in [1.29, 1.82) is 0 Å². The van der Waals surface area contributed by atoms with Crippen LogP contribution in [-0.4, -0.2) is 29.0 Å². The number of hydrogen-bond donors (Lipinski definition) is 1. The molecule has 6 heteroatoms. The number of aliphatic carboxylic acids is 1. The van der Waals surface area contributed by atoms with Crippen LogP contribution in [0.15, 0.2) is 22.6 Å². The van der Waals surface area contributed by atoms with Crippen molar-refractivity contribution >= 4 is 28.7 Å². The summed E-state index contributed by atoms with van der Waals surface area (Å²) in [7, 11) is 1.53. The SMILES string of the molecule is Cc1nc2ccc(N(C)C(=O)C(C)C(=O)O)cc2o1. The number of hydrogen-bond acceptors (Lipinski definition) is 4. The average molecular weight is 262 g/mol. The van der Waals surface area contributed by atoms with Crippen LogP contribution in [0.5, 0.6) is 0 Å². The number of carboxylic acid groups (broad SMARTS) is 1. The van der Waals surface area contributed by atoms with Crippen molar-refractivity contribution in [2.24, 2.45) is 5.92 Å². The van der Waals surface area contributed by atoms with E-state index in [1.54, 1.807) is 25.1 Å². The number of amides is 1. The first-order chi connectivity index (χ1) is 8.90. The molecule has 6 nitrogen and oxygen atoms in total. The molecule has 0 bridgehead atoms. The van der Waals surface area contributed by atoms with Crippen LogP contribution in [-0.2, 0) is 9.59 Å². The first kappa shape index (κ1) is 13.1. The zero-order valence-corrected chi connectivity index (χ0v) is 10.9. The average Bonchev–Trinajstić information content (AvgIpc) is 2.74. The molecule has 2 rings (SSSR count). The maximum atomic E-state index is 11.9. The fourth-order valence-corrected chi connectivity index (χ4v) is 1.76. The summed E-state index contributed by atoms with van der Waals surface area (Å²) in [5.41, 5.74) is 1.84. The van der Waals surface area contributed by atoms with E-state index in [1.165, 1.54) is 18.9 Å². The Labute approximate surface area is 109 Å². The van der Waals surface area contributed by atoms with Gasteiger partial charge in [-0.3, -0.25) is 9.59 Å². The number of fused-ring (bicyclic) bond motifs is 1. The molecule has 1 heterocycles. The van der Waals surface area contributed by atoms with Gasteiger partial charge in [0.25, 0.3) is 0 Å². The molecule has 100 valence electrons. The van der Waals surface area contributed by atoms with Crippen LogP contribution < -0.4 is 4.90 Å². The van der Waals surface area contributed by atoms with E-state index in [0.29, 0.717) is 22.7 Å². The van der Waals surface area contributed by atoms with Gasteiger partial charge in [-0.2, -0.15) is 0 Å². The lowest BCUT2D eigenvalue weighted by molar-refractivity contribution is -0.145. The molecule has 0 spiro atoms. The minimum atomic E-state index is -1.14. The molecule has 1 unspecified atom stereocenters. The summed E-state index contributed by atoms with van der Waals surface area (Å²) in [4.78, 5) is 28.2. The van der Waals surface area contributed by atoms with Crippen LogP contribution in [0.1, 0.15) is 12.8 Å². The first-order valence-corrected chi connectivity index (χ1v) is 5.77. The number of rotatable bonds is 3. The van der Waals surface area contributed by atoms with Crippen molar-refractivity contribution in [3.8, 4) is 0 Å². The Balaban J connectivity index is 2.33. The van der Waals surface area contributed by atoms with Crippen molar-refractivity contribution in [2.75, 3.05) is 11.9 Å².